The predicted molar refractivity (Wildman–Crippen MR) is 104 cm³/mol. The Balaban J connectivity index is 3.27. The number of amides is 3. The first-order valence-corrected chi connectivity index (χ1v) is 9.58. The van der Waals surface area contributed by atoms with Crippen molar-refractivity contribution < 1.29 is 28.7 Å². The number of nitrogens with zero attached hydrogens (tertiary/aromatic N) is 1. The van der Waals surface area contributed by atoms with Gasteiger partial charge in [0.15, 0.2) is 11.3 Å². The van der Waals surface area contributed by atoms with Crippen LogP contribution in [0.1, 0.15) is 60.8 Å². The number of nitrogens with one attached hydrogen (secondary N) is 1. The lowest BCUT2D eigenvalue weighted by atomic mass is 9.87. The maximum atomic E-state index is 13.2. The molecule has 3 amide bonds. The van der Waals surface area contributed by atoms with Crippen LogP contribution in [0.2, 0.25) is 0 Å². The van der Waals surface area contributed by atoms with Gasteiger partial charge >= 0.3 is 12.2 Å². The van der Waals surface area contributed by atoms with Crippen molar-refractivity contribution in [2.24, 2.45) is 5.92 Å². The Kier molecular flexibility index (Phi) is 7.78. The molecule has 1 fully saturated rings. The van der Waals surface area contributed by atoms with Gasteiger partial charge in [0.2, 0.25) is 0 Å². The van der Waals surface area contributed by atoms with E-state index in [9.17, 15) is 19.2 Å². The molecule has 0 aromatic carbocycles. The minimum Gasteiger partial charge on any atom is -0.449 e. The average molecular weight is 396 g/mol. The van der Waals surface area contributed by atoms with Gasteiger partial charge < -0.3 is 9.47 Å². The first-order chi connectivity index (χ1) is 12.9. The molecule has 1 rings (SSSR count). The average Bonchev–Trinajstić information content (AvgIpc) is 2.75. The van der Waals surface area contributed by atoms with Gasteiger partial charge in [-0.05, 0) is 33.1 Å². The summed E-state index contributed by atoms with van der Waals surface area (Å²) in [5.74, 6) is -1.77. The number of hydrogen-bond acceptors (Lipinski definition) is 6. The van der Waals surface area contributed by atoms with E-state index < -0.39 is 41.1 Å². The Hall–Kier alpha value is -2.38. The molecule has 1 N–H and O–H groups in total. The molecule has 0 aromatic heterocycles. The normalized spacial score (nSPS) is 22.4. The lowest BCUT2D eigenvalue weighted by Crippen LogP contribution is -2.59. The second kappa shape index (κ2) is 9.21. The zero-order chi connectivity index (χ0) is 21.7. The number of rotatable bonds is 7. The molecule has 8 nitrogen and oxygen atoms in total. The molecule has 1 aliphatic rings. The minimum atomic E-state index is -1.94. The summed E-state index contributed by atoms with van der Waals surface area (Å²) in [7, 11) is 0. The summed E-state index contributed by atoms with van der Waals surface area (Å²) in [6, 6.07) is -1.04. The summed E-state index contributed by atoms with van der Waals surface area (Å²) in [5, 5.41) is 2.41. The largest absolute Gasteiger partial charge is 0.449 e. The number of ether oxygens (including phenoxy) is 2. The number of hydrogen-bond donors (Lipinski definition) is 1. The van der Waals surface area contributed by atoms with Gasteiger partial charge in [-0.1, -0.05) is 33.3 Å². The van der Waals surface area contributed by atoms with E-state index in [4.69, 9.17) is 9.47 Å². The van der Waals surface area contributed by atoms with Crippen molar-refractivity contribution in [2.75, 3.05) is 6.61 Å². The van der Waals surface area contributed by atoms with Gasteiger partial charge in [0, 0.05) is 6.42 Å². The lowest BCUT2D eigenvalue weighted by molar-refractivity contribution is -0.134. The third kappa shape index (κ3) is 5.11. The maximum absolute atomic E-state index is 13.2. The maximum Gasteiger partial charge on any atom is 0.417 e. The highest BCUT2D eigenvalue weighted by atomic mass is 16.6. The highest BCUT2D eigenvalue weighted by Gasteiger charge is 2.62. The fourth-order valence-corrected chi connectivity index (χ4v) is 3.03. The Bertz CT molecular complexity index is 637. The molecule has 2 atom stereocenters. The molecule has 0 aromatic rings. The van der Waals surface area contributed by atoms with Crippen LogP contribution in [0.25, 0.3) is 0 Å². The molecule has 0 saturated carbocycles. The summed E-state index contributed by atoms with van der Waals surface area (Å²) in [6.45, 7) is 14.1. The van der Waals surface area contributed by atoms with E-state index in [1.54, 1.807) is 34.6 Å². The summed E-state index contributed by atoms with van der Waals surface area (Å²) in [6.07, 6.45) is 0.848. The predicted octanol–water partition coefficient (Wildman–Crippen LogP) is 3.20. The Labute approximate surface area is 166 Å². The van der Waals surface area contributed by atoms with E-state index in [0.29, 0.717) is 6.42 Å². The highest BCUT2D eigenvalue weighted by Crippen LogP contribution is 2.33. The smallest absolute Gasteiger partial charge is 0.417 e. The fraction of sp³-hybridized carbons (Fsp3) is 0.700. The van der Waals surface area contributed by atoms with E-state index in [1.807, 2.05) is 6.92 Å². The van der Waals surface area contributed by atoms with Crippen molar-refractivity contribution in [3.63, 3.8) is 0 Å². The first kappa shape index (κ1) is 23.7. The monoisotopic (exact) mass is 396 g/mol. The molecule has 0 aliphatic carbocycles. The lowest BCUT2D eigenvalue weighted by Gasteiger charge is -2.28. The second-order valence-corrected chi connectivity index (χ2v) is 8.22. The number of likely N-dealkylation sites (tertiary alicyclic amines) is 1. The second-order valence-electron chi connectivity index (χ2n) is 8.22. The van der Waals surface area contributed by atoms with Crippen molar-refractivity contribution in [2.45, 2.75) is 78.0 Å². The molecule has 1 heterocycles. The van der Waals surface area contributed by atoms with Gasteiger partial charge in [0.1, 0.15) is 11.6 Å². The standard InChI is InChI=1S/C20H32N2O6/c1-8-10-12-27-18(26)22-14(13(3)4)15(23)20(11-9-2,16(22)24)21-17(25)28-19(5,6)7/h9,13-14H,2,8,10-12H2,1,3-7H3,(H,21,25). The van der Waals surface area contributed by atoms with Crippen molar-refractivity contribution in [3.05, 3.63) is 12.7 Å². The van der Waals surface area contributed by atoms with Gasteiger partial charge in [-0.3, -0.25) is 14.9 Å². The van der Waals surface area contributed by atoms with Crippen LogP contribution in [-0.2, 0) is 19.1 Å². The van der Waals surface area contributed by atoms with Crippen LogP contribution in [0.3, 0.4) is 0 Å². The third-order valence-corrected chi connectivity index (χ3v) is 4.27. The van der Waals surface area contributed by atoms with Crippen molar-refractivity contribution >= 4 is 23.9 Å². The summed E-state index contributed by atoms with van der Waals surface area (Å²) in [4.78, 5) is 52.2. The van der Waals surface area contributed by atoms with Gasteiger partial charge in [-0.15, -0.1) is 6.58 Å². The molecular weight excluding hydrogens is 364 g/mol. The molecule has 1 saturated heterocycles. The molecule has 0 spiro atoms. The topological polar surface area (TPSA) is 102 Å². The first-order valence-electron chi connectivity index (χ1n) is 9.58. The van der Waals surface area contributed by atoms with Crippen molar-refractivity contribution in [1.29, 1.82) is 0 Å². The minimum absolute atomic E-state index is 0.145. The number of carbonyl (C=O) groups excluding carboxylic acids is 4. The van der Waals surface area contributed by atoms with Gasteiger partial charge in [0.05, 0.1) is 6.61 Å². The summed E-state index contributed by atoms with van der Waals surface area (Å²) >= 11 is 0. The molecule has 0 radical (unpaired) electrons. The molecule has 28 heavy (non-hydrogen) atoms. The zero-order valence-corrected chi connectivity index (χ0v) is 17.7. The van der Waals surface area contributed by atoms with Crippen LogP contribution in [0.15, 0.2) is 12.7 Å². The van der Waals surface area contributed by atoms with Crippen LogP contribution in [0.5, 0.6) is 0 Å². The van der Waals surface area contributed by atoms with Crippen molar-refractivity contribution in [3.8, 4) is 0 Å². The van der Waals surface area contributed by atoms with Crippen LogP contribution in [0, 0.1) is 5.92 Å². The van der Waals surface area contributed by atoms with Gasteiger partial charge in [0.25, 0.3) is 5.91 Å². The van der Waals surface area contributed by atoms with E-state index in [2.05, 4.69) is 11.9 Å². The van der Waals surface area contributed by atoms with Gasteiger partial charge in [-0.25, -0.2) is 14.5 Å². The molecule has 2 unspecified atom stereocenters. The Morgan fingerprint density at radius 1 is 1.32 bits per heavy atom. The third-order valence-electron chi connectivity index (χ3n) is 4.27. The molecule has 8 heteroatoms. The number of ketones is 1. The number of imide groups is 1. The summed E-state index contributed by atoms with van der Waals surface area (Å²) < 4.78 is 10.4. The highest BCUT2D eigenvalue weighted by molar-refractivity contribution is 6.24. The molecule has 158 valence electrons. The fourth-order valence-electron chi connectivity index (χ4n) is 3.03. The van der Waals surface area contributed by atoms with Crippen molar-refractivity contribution in [1.82, 2.24) is 10.2 Å². The zero-order valence-electron chi connectivity index (χ0n) is 17.7. The number of unbranched alkanes of at least 4 members (excludes halogenated alkanes) is 1. The Morgan fingerprint density at radius 2 is 1.93 bits per heavy atom. The van der Waals surface area contributed by atoms with Crippen LogP contribution >= 0.6 is 0 Å². The van der Waals surface area contributed by atoms with E-state index in [-0.39, 0.29) is 18.9 Å². The Morgan fingerprint density at radius 3 is 2.39 bits per heavy atom. The quantitative estimate of drug-likeness (QED) is 0.403. The van der Waals surface area contributed by atoms with Crippen LogP contribution in [-0.4, -0.2) is 52.6 Å². The summed E-state index contributed by atoms with van der Waals surface area (Å²) in [5.41, 5.74) is -2.76. The number of alkyl carbamates (subject to hydrolysis) is 1. The van der Waals surface area contributed by atoms with Crippen LogP contribution < -0.4 is 5.32 Å². The molecule has 1 aliphatic heterocycles. The number of carbonyl (C=O) groups is 4. The van der Waals surface area contributed by atoms with E-state index in [0.717, 1.165) is 11.3 Å². The number of Topliss-reactive ketones (excluding diaryl/α,β-unsaturated/α-hetero) is 1. The molecular formula is C20H32N2O6. The van der Waals surface area contributed by atoms with Gasteiger partial charge in [-0.2, -0.15) is 0 Å². The van der Waals surface area contributed by atoms with E-state index >= 15 is 0 Å². The van der Waals surface area contributed by atoms with E-state index in [1.165, 1.54) is 6.08 Å². The molecule has 0 bridgehead atoms. The van der Waals surface area contributed by atoms with Crippen LogP contribution in [0.4, 0.5) is 9.59 Å². The SMILES string of the molecule is C=CCC1(NC(=O)OC(C)(C)C)C(=O)C(C(C)C)N(C(=O)OCCCC)C1=O.